The summed E-state index contributed by atoms with van der Waals surface area (Å²) in [5.41, 5.74) is 17.2. The molecule has 10 aromatic carbocycles. The molecule has 0 unspecified atom stereocenters. The van der Waals surface area contributed by atoms with Crippen molar-refractivity contribution in [1.29, 1.82) is 0 Å². The van der Waals surface area contributed by atoms with Gasteiger partial charge < -0.3 is 28.1 Å². The van der Waals surface area contributed by atoms with E-state index < -0.39 is 0 Å². The van der Waals surface area contributed by atoms with Gasteiger partial charge >= 0.3 is 0 Å². The largest absolute Gasteiger partial charge is 0.341 e. The van der Waals surface area contributed by atoms with E-state index in [1.165, 1.54) is 87.2 Å². The van der Waals surface area contributed by atoms with Crippen LogP contribution in [0, 0.1) is 0 Å². The normalized spacial score (nSPS) is 11.9. The summed E-state index contributed by atoms with van der Waals surface area (Å²) in [5, 5.41) is 9.80. The van der Waals surface area contributed by atoms with Crippen LogP contribution >= 0.6 is 0 Å². The Labute approximate surface area is 441 Å². The van der Waals surface area contributed by atoms with Crippen molar-refractivity contribution in [1.82, 2.24) is 18.3 Å². The SMILES string of the molecule is CCn1c2ccccc2c2cc(N(c3ccc(C(=O)c4ccc(N(c5ccc6c(c5)c5ccccc5n6CC)c5ccc6c(c5)c5ccccc5n6CC)cc4)cc3)c3ccc4c(c3)c3ccccc3n4CC)ccc21. The third kappa shape index (κ3) is 6.92. The van der Waals surface area contributed by atoms with E-state index in [4.69, 9.17) is 0 Å². The molecule has 0 aliphatic rings. The Morgan fingerprint density at radius 3 is 0.750 bits per heavy atom. The number of fused-ring (bicyclic) bond motifs is 12. The summed E-state index contributed by atoms with van der Waals surface area (Å²) < 4.78 is 9.58. The van der Waals surface area contributed by atoms with E-state index in [1.54, 1.807) is 0 Å². The molecule has 0 N–H and O–H groups in total. The number of rotatable bonds is 12. The summed E-state index contributed by atoms with van der Waals surface area (Å²) in [6.07, 6.45) is 0. The van der Waals surface area contributed by atoms with Crippen molar-refractivity contribution in [2.24, 2.45) is 0 Å². The molecule has 0 saturated heterocycles. The number of carbonyl (C=O) groups excluding carboxylic acids is 1. The first-order valence-corrected chi connectivity index (χ1v) is 26.8. The highest BCUT2D eigenvalue weighted by Gasteiger charge is 2.22. The minimum Gasteiger partial charge on any atom is -0.341 e. The predicted molar refractivity (Wildman–Crippen MR) is 320 cm³/mol. The van der Waals surface area contributed by atoms with E-state index in [9.17, 15) is 4.79 Å². The van der Waals surface area contributed by atoms with Crippen LogP contribution in [-0.4, -0.2) is 24.1 Å². The fourth-order valence-corrected chi connectivity index (χ4v) is 12.7. The van der Waals surface area contributed by atoms with E-state index in [2.05, 4.69) is 250 Å². The average Bonchev–Trinajstić information content (AvgIpc) is 4.19. The highest BCUT2D eigenvalue weighted by molar-refractivity contribution is 6.14. The smallest absolute Gasteiger partial charge is 0.193 e. The van der Waals surface area contributed by atoms with Crippen molar-refractivity contribution < 1.29 is 4.79 Å². The van der Waals surface area contributed by atoms with Gasteiger partial charge in [-0.25, -0.2) is 0 Å². The fourth-order valence-electron chi connectivity index (χ4n) is 12.7. The molecule has 14 rings (SSSR count). The number of carbonyl (C=O) groups is 1. The summed E-state index contributed by atoms with van der Waals surface area (Å²) in [6.45, 7) is 12.4. The third-order valence-electron chi connectivity index (χ3n) is 16.1. The minimum atomic E-state index is -0.0265. The van der Waals surface area contributed by atoms with Gasteiger partial charge in [0.25, 0.3) is 0 Å². The van der Waals surface area contributed by atoms with Gasteiger partial charge in [0, 0.05) is 159 Å². The first-order chi connectivity index (χ1) is 37.4. The number of aryl methyl sites for hydroxylation is 4. The summed E-state index contributed by atoms with van der Waals surface area (Å²) in [6, 6.07) is 78.4. The van der Waals surface area contributed by atoms with Crippen LogP contribution < -0.4 is 9.80 Å². The van der Waals surface area contributed by atoms with E-state index in [0.717, 1.165) is 60.3 Å². The molecular weight excluding hydrogens is 929 g/mol. The number of anilines is 6. The summed E-state index contributed by atoms with van der Waals surface area (Å²) >= 11 is 0. The number of hydrogen-bond acceptors (Lipinski definition) is 3. The van der Waals surface area contributed by atoms with Gasteiger partial charge in [0.2, 0.25) is 0 Å². The van der Waals surface area contributed by atoms with E-state index in [1.807, 2.05) is 24.3 Å². The minimum absolute atomic E-state index is 0.0265. The zero-order valence-electron chi connectivity index (χ0n) is 43.2. The lowest BCUT2D eigenvalue weighted by Gasteiger charge is -2.26. The second kappa shape index (κ2) is 18.0. The Morgan fingerprint density at radius 1 is 0.276 bits per heavy atom. The first-order valence-electron chi connectivity index (χ1n) is 26.8. The van der Waals surface area contributed by atoms with Gasteiger partial charge in [-0.1, -0.05) is 72.8 Å². The molecule has 0 saturated carbocycles. The molecule has 14 aromatic rings. The molecule has 0 fully saturated rings. The maximum Gasteiger partial charge on any atom is 0.193 e. The zero-order valence-corrected chi connectivity index (χ0v) is 43.2. The molecule has 76 heavy (non-hydrogen) atoms. The van der Waals surface area contributed by atoms with Crippen molar-refractivity contribution in [3.8, 4) is 0 Å². The topological polar surface area (TPSA) is 43.3 Å². The number of hydrogen-bond donors (Lipinski definition) is 0. The molecule has 0 radical (unpaired) electrons. The Hall–Kier alpha value is -9.33. The lowest BCUT2D eigenvalue weighted by molar-refractivity contribution is 0.103. The van der Waals surface area contributed by atoms with Gasteiger partial charge in [0.05, 0.1) is 0 Å². The average molecular weight is 985 g/mol. The maximum absolute atomic E-state index is 14.7. The van der Waals surface area contributed by atoms with E-state index in [0.29, 0.717) is 11.1 Å². The van der Waals surface area contributed by atoms with Crippen LogP contribution in [-0.2, 0) is 26.2 Å². The summed E-state index contributed by atoms with van der Waals surface area (Å²) in [5.74, 6) is -0.0265. The van der Waals surface area contributed by atoms with Gasteiger partial charge in [-0.2, -0.15) is 0 Å². The molecule has 368 valence electrons. The van der Waals surface area contributed by atoms with Gasteiger partial charge in [0.15, 0.2) is 5.78 Å². The monoisotopic (exact) mass is 984 g/mol. The maximum atomic E-state index is 14.7. The van der Waals surface area contributed by atoms with Gasteiger partial charge in [-0.05, 0) is 173 Å². The van der Waals surface area contributed by atoms with Gasteiger partial charge in [-0.15, -0.1) is 0 Å². The summed E-state index contributed by atoms with van der Waals surface area (Å²) in [7, 11) is 0. The van der Waals surface area contributed by atoms with Crippen LogP contribution in [0.5, 0.6) is 0 Å². The van der Waals surface area contributed by atoms with Crippen molar-refractivity contribution in [3.05, 3.63) is 230 Å². The highest BCUT2D eigenvalue weighted by Crippen LogP contribution is 2.44. The van der Waals surface area contributed by atoms with Crippen LogP contribution in [0.1, 0.15) is 43.6 Å². The van der Waals surface area contributed by atoms with E-state index >= 15 is 0 Å². The fraction of sp³-hybridized carbons (Fsp3) is 0.116. The Balaban J connectivity index is 0.853. The molecule has 0 amide bonds. The molecule has 4 aromatic heterocycles. The number of para-hydroxylation sites is 4. The molecule has 7 heteroatoms. The third-order valence-corrected chi connectivity index (χ3v) is 16.1. The quantitative estimate of drug-likeness (QED) is 0.115. The Kier molecular flexibility index (Phi) is 10.7. The molecule has 7 nitrogen and oxygen atoms in total. The van der Waals surface area contributed by atoms with Crippen LogP contribution in [0.3, 0.4) is 0 Å². The Morgan fingerprint density at radius 2 is 0.500 bits per heavy atom. The van der Waals surface area contributed by atoms with Crippen LogP contribution in [0.4, 0.5) is 34.1 Å². The van der Waals surface area contributed by atoms with Gasteiger partial charge in [0.1, 0.15) is 0 Å². The van der Waals surface area contributed by atoms with Crippen molar-refractivity contribution in [2.75, 3.05) is 9.80 Å². The van der Waals surface area contributed by atoms with Gasteiger partial charge in [-0.3, -0.25) is 4.79 Å². The van der Waals surface area contributed by atoms with Crippen LogP contribution in [0.2, 0.25) is 0 Å². The molecule has 0 atom stereocenters. The zero-order chi connectivity index (χ0) is 51.2. The van der Waals surface area contributed by atoms with Crippen LogP contribution in [0.15, 0.2) is 218 Å². The summed E-state index contributed by atoms with van der Waals surface area (Å²) in [4.78, 5) is 19.3. The molecule has 4 heterocycles. The lowest BCUT2D eigenvalue weighted by atomic mass is 10.0. The molecule has 0 spiro atoms. The predicted octanol–water partition coefficient (Wildman–Crippen LogP) is 18.4. The van der Waals surface area contributed by atoms with Crippen LogP contribution in [0.25, 0.3) is 87.2 Å². The first kappa shape index (κ1) is 45.3. The van der Waals surface area contributed by atoms with Crippen molar-refractivity contribution >= 4 is 127 Å². The standard InChI is InChI=1S/C69H56N6O/c1-5-70-61-21-13-9-17-53(61)57-41-49(33-37-65(57)70)74(50-34-38-66-58(42-50)54-18-10-14-22-62(54)71(66)6-2)47-29-25-45(26-30-47)69(76)46-27-31-48(32-28-46)75(51-35-39-67-59(43-51)55-19-11-15-23-63(55)72(67)7-3)52-36-40-68-60(44-52)56-20-12-16-24-64(56)73(68)8-4/h9-44H,5-8H2,1-4H3. The molecule has 0 aliphatic carbocycles. The molecule has 0 bridgehead atoms. The number of nitrogens with zero attached hydrogens (tertiary/aromatic N) is 6. The second-order valence-electron chi connectivity index (χ2n) is 19.9. The highest BCUT2D eigenvalue weighted by atomic mass is 16.1. The van der Waals surface area contributed by atoms with Crippen molar-refractivity contribution in [3.63, 3.8) is 0 Å². The number of benzene rings is 10. The number of ketones is 1. The Bertz CT molecular complexity index is 4070. The van der Waals surface area contributed by atoms with Crippen molar-refractivity contribution in [2.45, 2.75) is 53.9 Å². The molecular formula is C69H56N6O. The molecule has 0 aliphatic heterocycles. The lowest BCUT2D eigenvalue weighted by Crippen LogP contribution is -2.11. The number of aromatic nitrogens is 4. The van der Waals surface area contributed by atoms with E-state index in [-0.39, 0.29) is 5.78 Å². The second-order valence-corrected chi connectivity index (χ2v) is 19.9.